The average Bonchev–Trinajstić information content (AvgIpc) is 3.36. The van der Waals surface area contributed by atoms with E-state index < -0.39 is 43.9 Å². The first-order valence-electron chi connectivity index (χ1n) is 12.0. The number of hydrogen-bond donors (Lipinski definition) is 4. The van der Waals surface area contributed by atoms with Gasteiger partial charge in [-0.15, -0.1) is 23.1 Å². The molecule has 0 saturated carbocycles. The lowest BCUT2D eigenvalue weighted by molar-refractivity contribution is -0.116. The zero-order valence-corrected chi connectivity index (χ0v) is 25.7. The maximum atomic E-state index is 13.7. The van der Waals surface area contributed by atoms with Crippen molar-refractivity contribution in [2.75, 3.05) is 18.1 Å². The van der Waals surface area contributed by atoms with Crippen LogP contribution in [0.1, 0.15) is 23.3 Å². The van der Waals surface area contributed by atoms with Gasteiger partial charge in [-0.1, -0.05) is 24.3 Å². The van der Waals surface area contributed by atoms with E-state index in [0.29, 0.717) is 26.6 Å². The molecular formula is C25H25F3N4O7S4. The minimum Gasteiger partial charge on any atom is -0.463 e. The molecule has 0 fully saturated rings. The third kappa shape index (κ3) is 8.14. The van der Waals surface area contributed by atoms with Gasteiger partial charge in [-0.3, -0.25) is 4.79 Å². The Labute approximate surface area is 253 Å². The highest BCUT2D eigenvalue weighted by Gasteiger charge is 2.45. The number of carbonyl (C=O) groups is 2. The molecule has 0 atom stereocenters. The normalized spacial score (nSPS) is 12.7. The molecule has 43 heavy (non-hydrogen) atoms. The summed E-state index contributed by atoms with van der Waals surface area (Å²) in [6, 6.07) is 12.1. The molecule has 232 valence electrons. The van der Waals surface area contributed by atoms with Gasteiger partial charge in [0.15, 0.2) is 0 Å². The molecule has 0 spiro atoms. The third-order valence-corrected chi connectivity index (χ3v) is 11.3. The number of nitrogens with two attached hydrogens (primary N) is 1. The van der Waals surface area contributed by atoms with Gasteiger partial charge >= 0.3 is 21.6 Å². The van der Waals surface area contributed by atoms with Gasteiger partial charge in [0.25, 0.3) is 0 Å². The van der Waals surface area contributed by atoms with E-state index in [-0.39, 0.29) is 33.3 Å². The van der Waals surface area contributed by atoms with Crippen molar-refractivity contribution in [1.29, 1.82) is 0 Å². The summed E-state index contributed by atoms with van der Waals surface area (Å²) in [5, 5.41) is 11.5. The fourth-order valence-electron chi connectivity index (χ4n) is 3.82. The van der Waals surface area contributed by atoms with Gasteiger partial charge in [0.1, 0.15) is 5.84 Å². The topological polar surface area (TPSA) is 185 Å². The van der Waals surface area contributed by atoms with E-state index in [9.17, 15) is 39.6 Å². The number of sulfone groups is 1. The van der Waals surface area contributed by atoms with Crippen molar-refractivity contribution in [3.8, 4) is 11.1 Å². The van der Waals surface area contributed by atoms with Crippen molar-refractivity contribution < 1.29 is 44.7 Å². The van der Waals surface area contributed by atoms with Crippen LogP contribution in [0.5, 0.6) is 0 Å². The number of thioether (sulfide) groups is 1. The van der Waals surface area contributed by atoms with Gasteiger partial charge in [-0.2, -0.15) is 18.2 Å². The minimum absolute atomic E-state index is 0.0832. The Morgan fingerprint density at radius 3 is 2.40 bits per heavy atom. The van der Waals surface area contributed by atoms with Crippen molar-refractivity contribution in [2.24, 2.45) is 10.7 Å². The minimum atomic E-state index is -5.52. The van der Waals surface area contributed by atoms with Crippen molar-refractivity contribution in [2.45, 2.75) is 39.3 Å². The number of thiophene rings is 1. The predicted octanol–water partition coefficient (Wildman–Crippen LogP) is 4.82. The Bertz CT molecular complexity index is 1790. The number of sulfonamides is 1. The van der Waals surface area contributed by atoms with E-state index in [4.69, 9.17) is 10.8 Å². The molecule has 1 heterocycles. The molecule has 3 rings (SSSR count). The molecule has 0 bridgehead atoms. The fourth-order valence-corrected chi connectivity index (χ4v) is 8.34. The summed E-state index contributed by atoms with van der Waals surface area (Å²) in [4.78, 5) is 26.7. The number of hydrogen-bond acceptors (Lipinski definition) is 8. The molecule has 2 aromatic carbocycles. The lowest BCUT2D eigenvalue weighted by Crippen LogP contribution is -2.37. The van der Waals surface area contributed by atoms with Crippen molar-refractivity contribution in [3.05, 3.63) is 59.0 Å². The number of alkyl halides is 3. The van der Waals surface area contributed by atoms with Crippen LogP contribution < -0.4 is 15.8 Å². The Kier molecular flexibility index (Phi) is 10.7. The largest absolute Gasteiger partial charge is 0.511 e. The van der Waals surface area contributed by atoms with E-state index in [1.54, 1.807) is 37.4 Å². The van der Waals surface area contributed by atoms with Gasteiger partial charge in [0, 0.05) is 24.2 Å². The molecule has 0 radical (unpaired) electrons. The van der Waals surface area contributed by atoms with Crippen LogP contribution in [-0.2, 0) is 24.7 Å². The van der Waals surface area contributed by atoms with Gasteiger partial charge in [0.2, 0.25) is 15.7 Å². The molecule has 0 saturated heterocycles. The lowest BCUT2D eigenvalue weighted by atomic mass is 9.98. The molecule has 0 aliphatic carbocycles. The highest BCUT2D eigenvalue weighted by molar-refractivity contribution is 8.01. The van der Waals surface area contributed by atoms with Crippen molar-refractivity contribution in [1.82, 2.24) is 4.72 Å². The van der Waals surface area contributed by atoms with Crippen LogP contribution in [0.15, 0.2) is 67.5 Å². The van der Waals surface area contributed by atoms with Crippen LogP contribution in [0.2, 0.25) is 0 Å². The number of amides is 2. The Hall–Kier alpha value is -3.45. The number of amidine groups is 1. The second kappa shape index (κ2) is 13.5. The number of aliphatic imine (C=N–C) groups is 1. The lowest BCUT2D eigenvalue weighted by Gasteiger charge is -2.15. The Morgan fingerprint density at radius 2 is 1.77 bits per heavy atom. The molecule has 18 heteroatoms. The number of rotatable bonds is 11. The number of nitrogens with one attached hydrogen (secondary N) is 2. The van der Waals surface area contributed by atoms with Crippen molar-refractivity contribution in [3.63, 3.8) is 0 Å². The van der Waals surface area contributed by atoms with Crippen LogP contribution in [-0.4, -0.2) is 58.1 Å². The zero-order valence-electron chi connectivity index (χ0n) is 22.4. The van der Waals surface area contributed by atoms with Crippen LogP contribution in [0.3, 0.4) is 0 Å². The second-order valence-electron chi connectivity index (χ2n) is 8.77. The monoisotopic (exact) mass is 678 g/mol. The average molecular weight is 679 g/mol. The summed E-state index contributed by atoms with van der Waals surface area (Å²) in [5.41, 5.74) is 2.16. The zero-order chi connectivity index (χ0) is 32.2. The molecule has 3 aromatic rings. The number of anilines is 1. The molecule has 11 nitrogen and oxygen atoms in total. The van der Waals surface area contributed by atoms with Crippen LogP contribution in [0.25, 0.3) is 11.1 Å². The standard InChI is InChI=1S/C25H25F3N4O7S4/c1-14-6-3-9-17(31-20(33)10-5-11-30-43(38,39)25(26,27)28)21(14)15-7-4-8-16(12-15)42(36,37)19-13-18(41-23(19)40-2)22(29)32-24(34)35/h3-4,6-9,12-13,30H,5,10-11H2,1-2H3,(H2,29,32)(H,31,33)(H,34,35). The molecule has 2 amide bonds. The fraction of sp³-hybridized carbons (Fsp3) is 0.240. The van der Waals surface area contributed by atoms with E-state index in [0.717, 1.165) is 23.1 Å². The summed E-state index contributed by atoms with van der Waals surface area (Å²) in [7, 11) is -9.65. The first kappa shape index (κ1) is 34.0. The second-order valence-corrected chi connectivity index (χ2v) is 14.6. The number of aryl methyl sites for hydroxylation is 1. The number of benzene rings is 2. The van der Waals surface area contributed by atoms with Gasteiger partial charge in [0.05, 0.1) is 18.9 Å². The maximum absolute atomic E-state index is 13.7. The summed E-state index contributed by atoms with van der Waals surface area (Å²) < 4.78 is 88.7. The Morgan fingerprint density at radius 1 is 1.09 bits per heavy atom. The maximum Gasteiger partial charge on any atom is 0.511 e. The highest BCUT2D eigenvalue weighted by atomic mass is 32.2. The van der Waals surface area contributed by atoms with E-state index in [1.807, 2.05) is 0 Å². The Balaban J connectivity index is 1.89. The molecule has 0 unspecified atom stereocenters. The molecule has 1 aromatic heterocycles. The first-order valence-corrected chi connectivity index (χ1v) is 17.0. The highest BCUT2D eigenvalue weighted by Crippen LogP contribution is 2.39. The summed E-state index contributed by atoms with van der Waals surface area (Å²) in [5.74, 6) is -0.945. The van der Waals surface area contributed by atoms with Gasteiger partial charge in [-0.05, 0) is 55.0 Å². The number of halogens is 3. The van der Waals surface area contributed by atoms with E-state index in [1.165, 1.54) is 29.0 Å². The number of carbonyl (C=O) groups excluding carboxylic acids is 1. The van der Waals surface area contributed by atoms with Crippen LogP contribution >= 0.6 is 23.1 Å². The molecular weight excluding hydrogens is 654 g/mol. The SMILES string of the molecule is CSc1sc(/C(N)=N\C(=O)O)cc1S(=O)(=O)c1cccc(-c2c(C)cccc2NC(=O)CCCNS(=O)(=O)C(F)(F)F)c1. The summed E-state index contributed by atoms with van der Waals surface area (Å²) >= 11 is 2.11. The number of nitrogens with zero attached hydrogens (tertiary/aromatic N) is 1. The smallest absolute Gasteiger partial charge is 0.463 e. The van der Waals surface area contributed by atoms with Gasteiger partial charge in [-0.25, -0.2) is 26.4 Å². The third-order valence-electron chi connectivity index (χ3n) is 5.77. The van der Waals surface area contributed by atoms with Gasteiger partial charge < -0.3 is 16.2 Å². The van der Waals surface area contributed by atoms with Crippen LogP contribution in [0, 0.1) is 6.92 Å². The quantitative estimate of drug-likeness (QED) is 0.0955. The summed E-state index contributed by atoms with van der Waals surface area (Å²) in [6.07, 6.45) is -0.378. The number of carboxylic acid groups (broad SMARTS) is 1. The molecule has 5 N–H and O–H groups in total. The summed E-state index contributed by atoms with van der Waals surface area (Å²) in [6.45, 7) is 1.13. The molecule has 0 aliphatic heterocycles. The van der Waals surface area contributed by atoms with Crippen molar-refractivity contribution >= 4 is 66.5 Å². The first-order chi connectivity index (χ1) is 20.0. The predicted molar refractivity (Wildman–Crippen MR) is 158 cm³/mol. The van der Waals surface area contributed by atoms with E-state index >= 15 is 0 Å². The molecule has 0 aliphatic rings. The van der Waals surface area contributed by atoms with E-state index in [2.05, 4.69) is 10.3 Å². The van der Waals surface area contributed by atoms with Crippen LogP contribution in [0.4, 0.5) is 23.7 Å².